The first-order chi connectivity index (χ1) is 4.34. The van der Waals surface area contributed by atoms with E-state index in [4.69, 9.17) is 11.6 Å². The van der Waals surface area contributed by atoms with Crippen LogP contribution in [0.3, 0.4) is 0 Å². The van der Waals surface area contributed by atoms with Crippen LogP contribution in [0.25, 0.3) is 0 Å². The molecule has 0 saturated heterocycles. The van der Waals surface area contributed by atoms with Crippen LogP contribution >= 0.6 is 11.6 Å². The maximum atomic E-state index is 5.79. The molecule has 0 aliphatic rings. The van der Waals surface area contributed by atoms with Crippen molar-refractivity contribution < 1.29 is 0 Å². The normalized spacial score (nSPS) is 9.56. The lowest BCUT2D eigenvalue weighted by molar-refractivity contribution is 1.14. The molecule has 0 heterocycles. The summed E-state index contributed by atoms with van der Waals surface area (Å²) in [7, 11) is 0. The van der Waals surface area contributed by atoms with Crippen LogP contribution in [0.4, 0.5) is 0 Å². The monoisotopic (exact) mass is 139 g/mol. The van der Waals surface area contributed by atoms with Crippen LogP contribution in [-0.4, -0.2) is 0 Å². The average molecular weight is 140 g/mol. The van der Waals surface area contributed by atoms with E-state index >= 15 is 0 Å². The minimum atomic E-state index is 0.819. The van der Waals surface area contributed by atoms with Crippen molar-refractivity contribution in [3.8, 4) is 0 Å². The van der Waals surface area contributed by atoms with E-state index in [2.05, 4.69) is 13.0 Å². The fraction of sp³-hybridized carbons (Fsp3) is 0.250. The van der Waals surface area contributed by atoms with Crippen molar-refractivity contribution in [2.24, 2.45) is 0 Å². The molecular weight excluding hydrogens is 132 g/mol. The molecule has 0 aliphatic carbocycles. The maximum Gasteiger partial charge on any atom is 0.0444 e. The van der Waals surface area contributed by atoms with Crippen LogP contribution in [0.15, 0.2) is 18.2 Å². The van der Waals surface area contributed by atoms with Gasteiger partial charge in [0.2, 0.25) is 0 Å². The molecule has 1 rings (SSSR count). The second-order valence-electron chi connectivity index (χ2n) is 1.87. The van der Waals surface area contributed by atoms with E-state index < -0.39 is 0 Å². The van der Waals surface area contributed by atoms with Crippen molar-refractivity contribution in [3.63, 3.8) is 0 Å². The van der Waals surface area contributed by atoms with Crippen LogP contribution in [0, 0.1) is 6.07 Å². The second-order valence-corrected chi connectivity index (χ2v) is 2.28. The van der Waals surface area contributed by atoms with E-state index in [0.717, 1.165) is 11.4 Å². The Bertz CT molecular complexity index is 194. The molecule has 0 atom stereocenters. The molecule has 0 N–H and O–H groups in total. The van der Waals surface area contributed by atoms with E-state index in [-0.39, 0.29) is 0 Å². The van der Waals surface area contributed by atoms with Gasteiger partial charge in [-0.1, -0.05) is 30.7 Å². The molecule has 1 aromatic carbocycles. The molecular formula is C8H8Cl. The molecule has 1 aromatic rings. The predicted molar refractivity (Wildman–Crippen MR) is 39.7 cm³/mol. The zero-order valence-corrected chi connectivity index (χ0v) is 6.07. The Morgan fingerprint density at radius 2 is 2.44 bits per heavy atom. The fourth-order valence-corrected chi connectivity index (χ4v) is 0.989. The van der Waals surface area contributed by atoms with E-state index in [1.54, 1.807) is 6.07 Å². The molecule has 0 aromatic heterocycles. The highest BCUT2D eigenvalue weighted by Crippen LogP contribution is 2.13. The van der Waals surface area contributed by atoms with Gasteiger partial charge in [0.1, 0.15) is 0 Å². The smallest absolute Gasteiger partial charge is 0.0444 e. The second kappa shape index (κ2) is 2.88. The van der Waals surface area contributed by atoms with Gasteiger partial charge in [-0.15, -0.1) is 0 Å². The zero-order valence-electron chi connectivity index (χ0n) is 5.32. The lowest BCUT2D eigenvalue weighted by Crippen LogP contribution is -1.78. The summed E-state index contributed by atoms with van der Waals surface area (Å²) < 4.78 is 0. The highest BCUT2D eigenvalue weighted by molar-refractivity contribution is 6.31. The van der Waals surface area contributed by atoms with Crippen LogP contribution in [0.2, 0.25) is 5.02 Å². The Hall–Kier alpha value is -0.490. The fourth-order valence-electron chi connectivity index (χ4n) is 0.729. The van der Waals surface area contributed by atoms with E-state index in [0.29, 0.717) is 0 Å². The number of hydrogen-bond acceptors (Lipinski definition) is 0. The predicted octanol–water partition coefficient (Wildman–Crippen LogP) is 2.70. The van der Waals surface area contributed by atoms with E-state index in [1.807, 2.05) is 12.1 Å². The number of aryl methyl sites for hydroxylation is 1. The molecule has 1 radical (unpaired) electrons. The first kappa shape index (κ1) is 6.63. The van der Waals surface area contributed by atoms with Gasteiger partial charge >= 0.3 is 0 Å². The summed E-state index contributed by atoms with van der Waals surface area (Å²) >= 11 is 5.79. The lowest BCUT2D eigenvalue weighted by atomic mass is 10.2. The third kappa shape index (κ3) is 1.46. The molecule has 9 heavy (non-hydrogen) atoms. The van der Waals surface area contributed by atoms with Crippen molar-refractivity contribution in [1.82, 2.24) is 0 Å². The van der Waals surface area contributed by atoms with Crippen LogP contribution < -0.4 is 0 Å². The SMILES string of the molecule is CCc1cc[c]cc1Cl. The van der Waals surface area contributed by atoms with Crippen molar-refractivity contribution >= 4 is 11.6 Å². The lowest BCUT2D eigenvalue weighted by Gasteiger charge is -1.95. The Kier molecular flexibility index (Phi) is 2.12. The molecule has 47 valence electrons. The summed E-state index contributed by atoms with van der Waals surface area (Å²) in [5.41, 5.74) is 1.19. The molecule has 0 amide bonds. The summed E-state index contributed by atoms with van der Waals surface area (Å²) in [6.45, 7) is 2.08. The Morgan fingerprint density at radius 3 is 2.89 bits per heavy atom. The summed E-state index contributed by atoms with van der Waals surface area (Å²) in [6, 6.07) is 8.56. The molecule has 1 heteroatoms. The van der Waals surface area contributed by atoms with Gasteiger partial charge < -0.3 is 0 Å². The first-order valence-corrected chi connectivity index (χ1v) is 3.37. The molecule has 0 unspecified atom stereocenters. The van der Waals surface area contributed by atoms with Crippen LogP contribution in [-0.2, 0) is 6.42 Å². The van der Waals surface area contributed by atoms with Crippen LogP contribution in [0.1, 0.15) is 12.5 Å². The van der Waals surface area contributed by atoms with Crippen molar-refractivity contribution in [1.29, 1.82) is 0 Å². The van der Waals surface area contributed by atoms with Crippen molar-refractivity contribution in [2.45, 2.75) is 13.3 Å². The summed E-state index contributed by atoms with van der Waals surface area (Å²) in [5.74, 6) is 0. The molecule has 0 nitrogen and oxygen atoms in total. The van der Waals surface area contributed by atoms with E-state index in [9.17, 15) is 0 Å². The number of benzene rings is 1. The van der Waals surface area contributed by atoms with Gasteiger partial charge in [-0.25, -0.2) is 0 Å². The number of hydrogen-bond donors (Lipinski definition) is 0. The van der Waals surface area contributed by atoms with Gasteiger partial charge in [0, 0.05) is 5.02 Å². The van der Waals surface area contributed by atoms with Gasteiger partial charge in [-0.3, -0.25) is 0 Å². The summed E-state index contributed by atoms with van der Waals surface area (Å²) in [5, 5.41) is 0.819. The molecule has 0 saturated carbocycles. The van der Waals surface area contributed by atoms with Gasteiger partial charge in [0.05, 0.1) is 0 Å². The van der Waals surface area contributed by atoms with Gasteiger partial charge in [0.15, 0.2) is 0 Å². The van der Waals surface area contributed by atoms with Gasteiger partial charge in [0.25, 0.3) is 0 Å². The van der Waals surface area contributed by atoms with Crippen molar-refractivity contribution in [2.75, 3.05) is 0 Å². The quantitative estimate of drug-likeness (QED) is 0.561. The average Bonchev–Trinajstić information content (AvgIpc) is 1.89. The van der Waals surface area contributed by atoms with Gasteiger partial charge in [-0.05, 0) is 24.1 Å². The number of rotatable bonds is 1. The topological polar surface area (TPSA) is 0 Å². The molecule has 0 aliphatic heterocycles. The maximum absolute atomic E-state index is 5.79. The highest BCUT2D eigenvalue weighted by atomic mass is 35.5. The minimum Gasteiger partial charge on any atom is -0.0840 e. The Balaban J connectivity index is 3.01. The summed E-state index contributed by atoms with van der Waals surface area (Å²) in [4.78, 5) is 0. The van der Waals surface area contributed by atoms with E-state index in [1.165, 1.54) is 5.56 Å². The third-order valence-electron chi connectivity index (χ3n) is 1.28. The first-order valence-electron chi connectivity index (χ1n) is 2.99. The largest absolute Gasteiger partial charge is 0.0840 e. The highest BCUT2D eigenvalue weighted by Gasteiger charge is 1.92. The molecule has 0 fully saturated rings. The third-order valence-corrected chi connectivity index (χ3v) is 1.63. The minimum absolute atomic E-state index is 0.819. The van der Waals surface area contributed by atoms with Crippen molar-refractivity contribution in [3.05, 3.63) is 34.9 Å². The van der Waals surface area contributed by atoms with Crippen LogP contribution in [0.5, 0.6) is 0 Å². The Labute approximate surface area is 60.5 Å². The van der Waals surface area contributed by atoms with Gasteiger partial charge in [-0.2, -0.15) is 0 Å². The number of halogens is 1. The Morgan fingerprint density at radius 1 is 1.67 bits per heavy atom. The molecule has 0 bridgehead atoms. The molecule has 0 spiro atoms. The standard InChI is InChI=1S/C8H8Cl/c1-2-7-5-3-4-6-8(7)9/h3,5-6H,2H2,1H3. The zero-order chi connectivity index (χ0) is 6.69. The summed E-state index contributed by atoms with van der Waals surface area (Å²) in [6.07, 6.45) is 0.994.